The van der Waals surface area contributed by atoms with Gasteiger partial charge in [-0.05, 0) is 45.1 Å². The Bertz CT molecular complexity index is 861. The fourth-order valence-electron chi connectivity index (χ4n) is 3.33. The molecule has 2 aromatic heterocycles. The Morgan fingerprint density at radius 3 is 2.46 bits per heavy atom. The summed E-state index contributed by atoms with van der Waals surface area (Å²) in [6.45, 7) is 2.12. The highest BCUT2D eigenvalue weighted by atomic mass is 15.3. The number of hydrogen-bond acceptors (Lipinski definition) is 6. The Hall–Kier alpha value is -2.67. The van der Waals surface area contributed by atoms with E-state index in [4.69, 9.17) is 16.6 Å². The number of piperidine rings is 1. The first kappa shape index (κ1) is 14.9. The summed E-state index contributed by atoms with van der Waals surface area (Å²) in [6, 6.07) is 8.00. The Balaban J connectivity index is 1.87. The molecule has 1 aliphatic rings. The first-order chi connectivity index (χ1) is 11.6. The van der Waals surface area contributed by atoms with Crippen LogP contribution in [-0.4, -0.2) is 44.8 Å². The molecule has 0 bridgehead atoms. The molecule has 1 fully saturated rings. The smallest absolute Gasteiger partial charge is 0.164 e. The Labute approximate surface area is 140 Å². The van der Waals surface area contributed by atoms with Crippen molar-refractivity contribution in [3.63, 3.8) is 0 Å². The van der Waals surface area contributed by atoms with Crippen LogP contribution >= 0.6 is 0 Å². The van der Waals surface area contributed by atoms with Gasteiger partial charge in [0.05, 0.1) is 11.4 Å². The van der Waals surface area contributed by atoms with Gasteiger partial charge in [0.1, 0.15) is 17.8 Å². The van der Waals surface area contributed by atoms with E-state index in [0.29, 0.717) is 11.9 Å². The fourth-order valence-corrected chi connectivity index (χ4v) is 3.33. The molecule has 0 radical (unpaired) electrons. The molecule has 124 valence electrons. The highest BCUT2D eigenvalue weighted by Gasteiger charge is 2.24. The van der Waals surface area contributed by atoms with Crippen molar-refractivity contribution in [1.82, 2.24) is 24.6 Å². The van der Waals surface area contributed by atoms with E-state index in [2.05, 4.69) is 21.9 Å². The second-order valence-electron chi connectivity index (χ2n) is 6.41. The average molecular weight is 323 g/mol. The summed E-state index contributed by atoms with van der Waals surface area (Å²) in [7, 11) is 2.15. The number of hydrogen-bond donors (Lipinski definition) is 2. The van der Waals surface area contributed by atoms with Crippen molar-refractivity contribution in [2.24, 2.45) is 0 Å². The van der Waals surface area contributed by atoms with E-state index in [9.17, 15) is 0 Å². The highest BCUT2D eigenvalue weighted by molar-refractivity contribution is 5.98. The van der Waals surface area contributed by atoms with Gasteiger partial charge in [0.15, 0.2) is 5.65 Å². The SMILES string of the molecule is CN1CCC(n2nc(-c3ccc(N)cc3)c3c(N)ncnc32)CC1. The minimum Gasteiger partial charge on any atom is -0.399 e. The van der Waals surface area contributed by atoms with Crippen LogP contribution in [0, 0.1) is 0 Å². The summed E-state index contributed by atoms with van der Waals surface area (Å²) in [5.41, 5.74) is 15.3. The average Bonchev–Trinajstić information content (AvgIpc) is 2.97. The lowest BCUT2D eigenvalue weighted by Crippen LogP contribution is -2.31. The van der Waals surface area contributed by atoms with Crippen molar-refractivity contribution in [2.45, 2.75) is 18.9 Å². The third kappa shape index (κ3) is 2.46. The minimum absolute atomic E-state index is 0.334. The second-order valence-corrected chi connectivity index (χ2v) is 6.41. The largest absolute Gasteiger partial charge is 0.399 e. The van der Waals surface area contributed by atoms with Gasteiger partial charge in [-0.1, -0.05) is 12.1 Å². The van der Waals surface area contributed by atoms with E-state index in [1.165, 1.54) is 6.33 Å². The van der Waals surface area contributed by atoms with Crippen LogP contribution in [0.15, 0.2) is 30.6 Å². The summed E-state index contributed by atoms with van der Waals surface area (Å²) >= 11 is 0. The molecule has 0 spiro atoms. The van der Waals surface area contributed by atoms with Crippen molar-refractivity contribution in [1.29, 1.82) is 0 Å². The number of nitrogens with two attached hydrogens (primary N) is 2. The summed E-state index contributed by atoms with van der Waals surface area (Å²) in [6.07, 6.45) is 3.62. The van der Waals surface area contributed by atoms with Gasteiger partial charge in [0.25, 0.3) is 0 Å². The second kappa shape index (κ2) is 5.76. The molecule has 0 aliphatic carbocycles. The van der Waals surface area contributed by atoms with Gasteiger partial charge in [-0.3, -0.25) is 0 Å². The molecule has 24 heavy (non-hydrogen) atoms. The van der Waals surface area contributed by atoms with E-state index in [1.54, 1.807) is 0 Å². The van der Waals surface area contributed by atoms with Crippen molar-refractivity contribution >= 4 is 22.5 Å². The molecule has 3 heterocycles. The zero-order chi connectivity index (χ0) is 16.7. The highest BCUT2D eigenvalue weighted by Crippen LogP contribution is 2.34. The van der Waals surface area contributed by atoms with E-state index in [-0.39, 0.29) is 0 Å². The van der Waals surface area contributed by atoms with Crippen molar-refractivity contribution in [3.05, 3.63) is 30.6 Å². The maximum absolute atomic E-state index is 6.15. The van der Waals surface area contributed by atoms with Gasteiger partial charge < -0.3 is 16.4 Å². The molecule has 0 unspecified atom stereocenters. The zero-order valence-corrected chi connectivity index (χ0v) is 13.7. The van der Waals surface area contributed by atoms with Gasteiger partial charge >= 0.3 is 0 Å². The van der Waals surface area contributed by atoms with Crippen LogP contribution in [0.25, 0.3) is 22.3 Å². The van der Waals surface area contributed by atoms with Crippen LogP contribution in [0.2, 0.25) is 0 Å². The monoisotopic (exact) mass is 323 g/mol. The number of rotatable bonds is 2. The molecule has 1 aromatic carbocycles. The van der Waals surface area contributed by atoms with Gasteiger partial charge in [-0.25, -0.2) is 14.6 Å². The maximum atomic E-state index is 6.15. The third-order valence-electron chi connectivity index (χ3n) is 4.74. The molecule has 7 heteroatoms. The van der Waals surface area contributed by atoms with Crippen LogP contribution in [0.4, 0.5) is 11.5 Å². The number of benzene rings is 1. The number of fused-ring (bicyclic) bond motifs is 1. The summed E-state index contributed by atoms with van der Waals surface area (Å²) in [5.74, 6) is 0.464. The Morgan fingerprint density at radius 1 is 1.04 bits per heavy atom. The van der Waals surface area contributed by atoms with E-state index >= 15 is 0 Å². The van der Waals surface area contributed by atoms with Gasteiger partial charge in [0.2, 0.25) is 0 Å². The number of aromatic nitrogens is 4. The quantitative estimate of drug-likeness (QED) is 0.699. The molecule has 0 saturated carbocycles. The fraction of sp³-hybridized carbons (Fsp3) is 0.353. The minimum atomic E-state index is 0.334. The lowest BCUT2D eigenvalue weighted by atomic mass is 10.1. The van der Waals surface area contributed by atoms with Crippen molar-refractivity contribution in [2.75, 3.05) is 31.6 Å². The molecular weight excluding hydrogens is 302 g/mol. The van der Waals surface area contributed by atoms with E-state index < -0.39 is 0 Å². The molecular formula is C17H21N7. The van der Waals surface area contributed by atoms with Crippen molar-refractivity contribution < 1.29 is 0 Å². The number of likely N-dealkylation sites (tertiary alicyclic amines) is 1. The molecule has 7 nitrogen and oxygen atoms in total. The normalized spacial score (nSPS) is 16.7. The van der Waals surface area contributed by atoms with Crippen LogP contribution in [0.1, 0.15) is 18.9 Å². The maximum Gasteiger partial charge on any atom is 0.164 e. The van der Waals surface area contributed by atoms with Crippen molar-refractivity contribution in [3.8, 4) is 11.3 Å². The molecule has 1 aliphatic heterocycles. The van der Waals surface area contributed by atoms with E-state index in [0.717, 1.165) is 53.9 Å². The molecule has 0 atom stereocenters. The molecule has 0 amide bonds. The summed E-state index contributed by atoms with van der Waals surface area (Å²) in [4.78, 5) is 11.0. The van der Waals surface area contributed by atoms with Gasteiger partial charge in [-0.2, -0.15) is 5.10 Å². The van der Waals surface area contributed by atoms with Gasteiger partial charge in [-0.15, -0.1) is 0 Å². The first-order valence-corrected chi connectivity index (χ1v) is 8.16. The zero-order valence-electron chi connectivity index (χ0n) is 13.7. The third-order valence-corrected chi connectivity index (χ3v) is 4.74. The van der Waals surface area contributed by atoms with Crippen LogP contribution in [-0.2, 0) is 0 Å². The van der Waals surface area contributed by atoms with Crippen LogP contribution in [0.3, 0.4) is 0 Å². The molecule has 3 aromatic rings. The van der Waals surface area contributed by atoms with E-state index in [1.807, 2.05) is 28.9 Å². The molecule has 4 N–H and O–H groups in total. The lowest BCUT2D eigenvalue weighted by Gasteiger charge is -2.29. The Kier molecular flexibility index (Phi) is 3.57. The Morgan fingerprint density at radius 2 is 1.75 bits per heavy atom. The molecule has 1 saturated heterocycles. The number of nitrogens with zero attached hydrogens (tertiary/aromatic N) is 5. The lowest BCUT2D eigenvalue weighted by molar-refractivity contribution is 0.215. The molecule has 4 rings (SSSR count). The van der Waals surface area contributed by atoms with Crippen LogP contribution in [0.5, 0.6) is 0 Å². The summed E-state index contributed by atoms with van der Waals surface area (Å²) < 4.78 is 2.03. The summed E-state index contributed by atoms with van der Waals surface area (Å²) in [5, 5.41) is 5.69. The first-order valence-electron chi connectivity index (χ1n) is 8.16. The number of nitrogen functional groups attached to an aromatic ring is 2. The predicted molar refractivity (Wildman–Crippen MR) is 95.4 cm³/mol. The van der Waals surface area contributed by atoms with Gasteiger partial charge in [0, 0.05) is 11.3 Å². The number of anilines is 2. The predicted octanol–water partition coefficient (Wildman–Crippen LogP) is 1.92. The topological polar surface area (TPSA) is 98.9 Å². The van der Waals surface area contributed by atoms with Crippen LogP contribution < -0.4 is 11.5 Å². The standard InChI is InChI=1S/C17H21N7/c1-23-8-6-13(7-9-23)24-17-14(16(19)20-10-21-17)15(22-24)11-2-4-12(18)5-3-11/h2-5,10,13H,6-9,18H2,1H3,(H2,19,20,21).